The number of hydrogen-bond acceptors (Lipinski definition) is 2. The molecule has 17 heavy (non-hydrogen) atoms. The lowest BCUT2D eigenvalue weighted by Crippen LogP contribution is -2.23. The molecule has 0 atom stereocenters. The van der Waals surface area contributed by atoms with Gasteiger partial charge in [-0.1, -0.05) is 48.7 Å². The number of aromatic nitrogens is 2. The monoisotopic (exact) mass is 242 g/mol. The molecule has 0 fully saturated rings. The van der Waals surface area contributed by atoms with Crippen LogP contribution >= 0.6 is 11.8 Å². The fourth-order valence-corrected chi connectivity index (χ4v) is 2.31. The molecule has 0 aliphatic rings. The predicted octanol–water partition coefficient (Wildman–Crippen LogP) is 2.33. The Morgan fingerprint density at radius 2 is 2.06 bits per heavy atom. The van der Waals surface area contributed by atoms with Crippen molar-refractivity contribution in [3.05, 3.63) is 53.7 Å². The topological polar surface area (TPSA) is 28.7 Å². The van der Waals surface area contributed by atoms with Gasteiger partial charge < -0.3 is 4.98 Å². The maximum Gasteiger partial charge on any atom is 0.171 e. The first-order chi connectivity index (χ1) is 8.33. The SMILES string of the molecule is C=C/C=c1/[nH]c(Sc2ccccc2)n/c1=C/C. The van der Waals surface area contributed by atoms with E-state index in [4.69, 9.17) is 0 Å². The fraction of sp³-hybridized carbons (Fsp3) is 0.0714. The summed E-state index contributed by atoms with van der Waals surface area (Å²) in [6, 6.07) is 10.2. The molecule has 0 bridgehead atoms. The Morgan fingerprint density at radius 1 is 1.29 bits per heavy atom. The molecule has 0 aliphatic heterocycles. The lowest BCUT2D eigenvalue weighted by Gasteiger charge is -1.95. The van der Waals surface area contributed by atoms with Gasteiger partial charge in [0.1, 0.15) is 0 Å². The van der Waals surface area contributed by atoms with Crippen LogP contribution < -0.4 is 10.7 Å². The highest BCUT2D eigenvalue weighted by molar-refractivity contribution is 7.99. The van der Waals surface area contributed by atoms with Crippen LogP contribution in [0.15, 0.2) is 53.0 Å². The summed E-state index contributed by atoms with van der Waals surface area (Å²) in [5.74, 6) is 0. The molecule has 3 heteroatoms. The maximum atomic E-state index is 4.52. The van der Waals surface area contributed by atoms with Gasteiger partial charge in [-0.15, -0.1) is 0 Å². The van der Waals surface area contributed by atoms with Crippen LogP contribution in [0.3, 0.4) is 0 Å². The zero-order valence-corrected chi connectivity index (χ0v) is 10.5. The minimum absolute atomic E-state index is 0.900. The average Bonchev–Trinajstić information content (AvgIpc) is 2.73. The Balaban J connectivity index is 2.36. The largest absolute Gasteiger partial charge is 0.333 e. The highest BCUT2D eigenvalue weighted by atomic mass is 32.2. The van der Waals surface area contributed by atoms with Crippen molar-refractivity contribution in [3.63, 3.8) is 0 Å². The third kappa shape index (κ3) is 2.88. The molecular weight excluding hydrogens is 228 g/mol. The Kier molecular flexibility index (Phi) is 3.83. The van der Waals surface area contributed by atoms with Crippen LogP contribution in [0.4, 0.5) is 0 Å². The van der Waals surface area contributed by atoms with E-state index >= 15 is 0 Å². The van der Waals surface area contributed by atoms with E-state index in [9.17, 15) is 0 Å². The van der Waals surface area contributed by atoms with Gasteiger partial charge >= 0.3 is 0 Å². The second-order valence-corrected chi connectivity index (χ2v) is 4.51. The van der Waals surface area contributed by atoms with E-state index in [1.54, 1.807) is 17.8 Å². The Morgan fingerprint density at radius 3 is 2.71 bits per heavy atom. The summed E-state index contributed by atoms with van der Waals surface area (Å²) >= 11 is 1.62. The fourth-order valence-electron chi connectivity index (χ4n) is 1.49. The quantitative estimate of drug-likeness (QED) is 0.895. The maximum absolute atomic E-state index is 4.52. The lowest BCUT2D eigenvalue weighted by atomic mass is 10.4. The number of rotatable bonds is 3. The number of nitrogens with one attached hydrogen (secondary N) is 1. The summed E-state index contributed by atoms with van der Waals surface area (Å²) in [5, 5.41) is 2.86. The predicted molar refractivity (Wildman–Crippen MR) is 73.2 cm³/mol. The van der Waals surface area contributed by atoms with Gasteiger partial charge in [-0.2, -0.15) is 0 Å². The normalized spacial score (nSPS) is 13.0. The van der Waals surface area contributed by atoms with Crippen LogP contribution in [0.1, 0.15) is 6.92 Å². The molecule has 1 aromatic heterocycles. The van der Waals surface area contributed by atoms with Crippen molar-refractivity contribution in [2.24, 2.45) is 0 Å². The second kappa shape index (κ2) is 5.55. The van der Waals surface area contributed by atoms with Gasteiger partial charge in [-0.3, -0.25) is 0 Å². The van der Waals surface area contributed by atoms with Crippen molar-refractivity contribution >= 4 is 23.9 Å². The molecule has 2 nitrogen and oxygen atoms in total. The second-order valence-electron chi connectivity index (χ2n) is 3.45. The molecule has 1 heterocycles. The number of hydrogen-bond donors (Lipinski definition) is 1. The third-order valence-corrected chi connectivity index (χ3v) is 3.15. The number of H-pyrrole nitrogens is 1. The summed E-state index contributed by atoms with van der Waals surface area (Å²) in [5.41, 5.74) is 0. The summed E-state index contributed by atoms with van der Waals surface area (Å²) in [4.78, 5) is 8.97. The Bertz CT molecular complexity index is 611. The third-order valence-electron chi connectivity index (χ3n) is 2.26. The summed E-state index contributed by atoms with van der Waals surface area (Å²) in [7, 11) is 0. The Hall–Kier alpha value is -1.74. The van der Waals surface area contributed by atoms with Crippen molar-refractivity contribution < 1.29 is 0 Å². The molecule has 0 aliphatic carbocycles. The van der Waals surface area contributed by atoms with Crippen LogP contribution in [0.5, 0.6) is 0 Å². The number of benzene rings is 1. The zero-order chi connectivity index (χ0) is 12.1. The molecule has 1 aromatic carbocycles. The van der Waals surface area contributed by atoms with E-state index in [2.05, 4.69) is 28.7 Å². The van der Waals surface area contributed by atoms with Crippen molar-refractivity contribution in [2.75, 3.05) is 0 Å². The Labute approximate surface area is 105 Å². The van der Waals surface area contributed by atoms with E-state index in [-0.39, 0.29) is 0 Å². The number of nitrogens with zero attached hydrogens (tertiary/aromatic N) is 1. The van der Waals surface area contributed by atoms with Crippen LogP contribution in [0.25, 0.3) is 12.2 Å². The average molecular weight is 242 g/mol. The molecular formula is C14H14N2S. The van der Waals surface area contributed by atoms with E-state index in [1.165, 1.54) is 4.90 Å². The molecule has 0 saturated carbocycles. The van der Waals surface area contributed by atoms with Crippen molar-refractivity contribution in [2.45, 2.75) is 17.0 Å². The zero-order valence-electron chi connectivity index (χ0n) is 9.68. The summed E-state index contributed by atoms with van der Waals surface area (Å²) < 4.78 is 0. The standard InChI is InChI=1S/C14H14N2S/c1-3-8-13-12(4-2)15-14(16-13)17-11-9-6-5-7-10-11/h3-10H,1H2,2H3,(H,15,16)/b12-4+,13-8+. The van der Waals surface area contributed by atoms with Gasteiger partial charge in [0.15, 0.2) is 5.16 Å². The van der Waals surface area contributed by atoms with E-state index in [0.717, 1.165) is 15.9 Å². The van der Waals surface area contributed by atoms with Crippen LogP contribution in [0.2, 0.25) is 0 Å². The highest BCUT2D eigenvalue weighted by Crippen LogP contribution is 2.22. The molecule has 0 spiro atoms. The molecule has 0 unspecified atom stereocenters. The van der Waals surface area contributed by atoms with Gasteiger partial charge in [0, 0.05) is 4.90 Å². The van der Waals surface area contributed by atoms with E-state index < -0.39 is 0 Å². The molecule has 0 saturated heterocycles. The first kappa shape index (κ1) is 11.7. The molecule has 2 aromatic rings. The smallest absolute Gasteiger partial charge is 0.171 e. The minimum Gasteiger partial charge on any atom is -0.333 e. The highest BCUT2D eigenvalue weighted by Gasteiger charge is 2.00. The first-order valence-corrected chi connectivity index (χ1v) is 6.23. The molecule has 0 radical (unpaired) electrons. The van der Waals surface area contributed by atoms with Gasteiger partial charge in [0.2, 0.25) is 0 Å². The van der Waals surface area contributed by atoms with Gasteiger partial charge in [-0.25, -0.2) is 4.98 Å². The van der Waals surface area contributed by atoms with Crippen molar-refractivity contribution in [3.8, 4) is 0 Å². The number of allylic oxidation sites excluding steroid dienone is 1. The van der Waals surface area contributed by atoms with Crippen LogP contribution in [-0.2, 0) is 0 Å². The van der Waals surface area contributed by atoms with E-state index in [1.807, 2.05) is 37.3 Å². The molecule has 2 rings (SSSR count). The van der Waals surface area contributed by atoms with Crippen LogP contribution in [0, 0.1) is 0 Å². The van der Waals surface area contributed by atoms with Gasteiger partial charge in [0.05, 0.1) is 10.7 Å². The number of aromatic amines is 1. The lowest BCUT2D eigenvalue weighted by molar-refractivity contribution is 1.04. The number of imidazole rings is 1. The first-order valence-electron chi connectivity index (χ1n) is 5.41. The van der Waals surface area contributed by atoms with Crippen molar-refractivity contribution in [1.29, 1.82) is 0 Å². The molecule has 1 N–H and O–H groups in total. The van der Waals surface area contributed by atoms with Gasteiger partial charge in [0.25, 0.3) is 0 Å². The summed E-state index contributed by atoms with van der Waals surface area (Å²) in [6.45, 7) is 5.68. The minimum atomic E-state index is 0.900. The van der Waals surface area contributed by atoms with Gasteiger partial charge in [-0.05, 0) is 25.1 Å². The molecule has 0 amide bonds. The van der Waals surface area contributed by atoms with Crippen molar-refractivity contribution in [1.82, 2.24) is 9.97 Å². The van der Waals surface area contributed by atoms with E-state index in [0.29, 0.717) is 0 Å². The van der Waals surface area contributed by atoms with Crippen LogP contribution in [-0.4, -0.2) is 9.97 Å². The summed E-state index contributed by atoms with van der Waals surface area (Å²) in [6.07, 6.45) is 5.68. The molecule has 86 valence electrons.